The van der Waals surface area contributed by atoms with Gasteiger partial charge in [0, 0.05) is 24.0 Å². The first kappa shape index (κ1) is 10.7. The molecule has 2 aromatic rings. The van der Waals surface area contributed by atoms with E-state index in [1.54, 1.807) is 6.20 Å². The van der Waals surface area contributed by atoms with Crippen molar-refractivity contribution in [2.24, 2.45) is 0 Å². The van der Waals surface area contributed by atoms with Gasteiger partial charge in [0.05, 0.1) is 13.2 Å². The molecule has 2 rings (SSSR count). The molecule has 0 saturated carbocycles. The normalized spacial score (nSPS) is 10.5. The number of aromatic nitrogens is 2. The molecule has 0 spiro atoms. The largest absolute Gasteiger partial charge is 0.399 e. The number of H-pyrrole nitrogens is 1. The van der Waals surface area contributed by atoms with Crippen LogP contribution in [0.4, 0.5) is 5.69 Å². The first-order valence-electron chi connectivity index (χ1n) is 5.25. The lowest BCUT2D eigenvalue weighted by atomic mass is 10.2. The minimum absolute atomic E-state index is 0.619. The van der Waals surface area contributed by atoms with Crippen molar-refractivity contribution in [3.63, 3.8) is 0 Å². The predicted octanol–water partition coefficient (Wildman–Crippen LogP) is 1.75. The van der Waals surface area contributed by atoms with Gasteiger partial charge in [-0.2, -0.15) is 5.10 Å². The highest BCUT2D eigenvalue weighted by Gasteiger charge is 1.95. The van der Waals surface area contributed by atoms with Gasteiger partial charge >= 0.3 is 0 Å². The third-order valence-electron chi connectivity index (χ3n) is 2.32. The van der Waals surface area contributed by atoms with Crippen molar-refractivity contribution in [2.75, 3.05) is 12.3 Å². The van der Waals surface area contributed by atoms with Crippen LogP contribution in [0.5, 0.6) is 0 Å². The first-order valence-corrected chi connectivity index (χ1v) is 5.25. The van der Waals surface area contributed by atoms with E-state index in [-0.39, 0.29) is 0 Å². The van der Waals surface area contributed by atoms with Crippen molar-refractivity contribution < 1.29 is 4.74 Å². The number of nitrogens with two attached hydrogens (primary N) is 1. The second-order valence-electron chi connectivity index (χ2n) is 3.63. The third-order valence-corrected chi connectivity index (χ3v) is 2.32. The Morgan fingerprint density at radius 1 is 1.19 bits per heavy atom. The number of ether oxygens (including phenoxy) is 1. The van der Waals surface area contributed by atoms with Crippen LogP contribution in [0.3, 0.4) is 0 Å². The van der Waals surface area contributed by atoms with Gasteiger partial charge in [-0.15, -0.1) is 0 Å². The van der Waals surface area contributed by atoms with Crippen molar-refractivity contribution in [3.05, 3.63) is 47.8 Å². The van der Waals surface area contributed by atoms with Gasteiger partial charge in [-0.1, -0.05) is 12.1 Å². The average Bonchev–Trinajstić information content (AvgIpc) is 2.80. The Morgan fingerprint density at radius 3 is 2.69 bits per heavy atom. The number of hydrogen-bond acceptors (Lipinski definition) is 3. The molecule has 0 aliphatic heterocycles. The van der Waals surface area contributed by atoms with Gasteiger partial charge in [-0.25, -0.2) is 0 Å². The van der Waals surface area contributed by atoms with E-state index in [9.17, 15) is 0 Å². The predicted molar refractivity (Wildman–Crippen MR) is 62.8 cm³/mol. The van der Waals surface area contributed by atoms with Gasteiger partial charge in [0.25, 0.3) is 0 Å². The van der Waals surface area contributed by atoms with Crippen LogP contribution in [0.1, 0.15) is 11.3 Å². The summed E-state index contributed by atoms with van der Waals surface area (Å²) in [6.45, 7) is 1.31. The van der Waals surface area contributed by atoms with E-state index in [1.165, 1.54) is 0 Å². The summed E-state index contributed by atoms with van der Waals surface area (Å²) in [7, 11) is 0. The monoisotopic (exact) mass is 217 g/mol. The molecule has 0 fully saturated rings. The van der Waals surface area contributed by atoms with Crippen LogP contribution in [0, 0.1) is 0 Å². The number of anilines is 1. The molecule has 0 unspecified atom stereocenters. The molecule has 84 valence electrons. The molecule has 0 amide bonds. The Hall–Kier alpha value is -1.81. The number of hydrogen-bond donors (Lipinski definition) is 2. The molecule has 0 atom stereocenters. The summed E-state index contributed by atoms with van der Waals surface area (Å²) in [6, 6.07) is 9.67. The van der Waals surface area contributed by atoms with Crippen molar-refractivity contribution >= 4 is 5.69 Å². The summed E-state index contributed by atoms with van der Waals surface area (Å²) in [4.78, 5) is 0. The van der Waals surface area contributed by atoms with Gasteiger partial charge in [0.1, 0.15) is 0 Å². The summed E-state index contributed by atoms with van der Waals surface area (Å²) < 4.78 is 5.54. The highest BCUT2D eigenvalue weighted by Crippen LogP contribution is 2.06. The van der Waals surface area contributed by atoms with Crippen LogP contribution < -0.4 is 5.73 Å². The van der Waals surface area contributed by atoms with Crippen LogP contribution in [-0.4, -0.2) is 16.8 Å². The Bertz CT molecular complexity index is 408. The number of rotatable bonds is 5. The second-order valence-corrected chi connectivity index (χ2v) is 3.63. The van der Waals surface area contributed by atoms with E-state index < -0.39 is 0 Å². The van der Waals surface area contributed by atoms with Crippen molar-refractivity contribution in [3.8, 4) is 0 Å². The molecule has 16 heavy (non-hydrogen) atoms. The Morgan fingerprint density at radius 2 is 2.00 bits per heavy atom. The highest BCUT2D eigenvalue weighted by atomic mass is 16.5. The lowest BCUT2D eigenvalue weighted by Gasteiger charge is -2.03. The van der Waals surface area contributed by atoms with Crippen LogP contribution in [0.15, 0.2) is 36.5 Å². The highest BCUT2D eigenvalue weighted by molar-refractivity contribution is 5.39. The fourth-order valence-corrected chi connectivity index (χ4v) is 1.41. The molecule has 1 heterocycles. The van der Waals surface area contributed by atoms with Crippen LogP contribution in [-0.2, 0) is 17.8 Å². The minimum atomic E-state index is 0.619. The van der Waals surface area contributed by atoms with Crippen LogP contribution >= 0.6 is 0 Å². The maximum atomic E-state index is 5.59. The summed E-state index contributed by atoms with van der Waals surface area (Å²) in [5.41, 5.74) is 8.61. The number of nitrogens with zero attached hydrogens (tertiary/aromatic N) is 1. The Kier molecular flexibility index (Phi) is 3.56. The standard InChI is InChI=1S/C12H15N3O/c13-11-3-1-10(2-4-11)9-16-8-6-12-5-7-14-15-12/h1-5,7H,6,8-9,13H2,(H,14,15). The SMILES string of the molecule is Nc1ccc(COCCc2ccn[nH]2)cc1. The second kappa shape index (κ2) is 5.32. The van der Waals surface area contributed by atoms with Gasteiger partial charge in [-0.3, -0.25) is 5.10 Å². The fourth-order valence-electron chi connectivity index (χ4n) is 1.41. The minimum Gasteiger partial charge on any atom is -0.399 e. The molecule has 0 bridgehead atoms. The zero-order valence-electron chi connectivity index (χ0n) is 9.02. The molecule has 0 saturated heterocycles. The molecule has 4 nitrogen and oxygen atoms in total. The Balaban J connectivity index is 1.70. The molecule has 1 aromatic carbocycles. The molecular formula is C12H15N3O. The Labute approximate surface area is 94.4 Å². The first-order chi connectivity index (χ1) is 7.84. The zero-order valence-corrected chi connectivity index (χ0v) is 9.02. The van der Waals surface area contributed by atoms with Crippen LogP contribution in [0.25, 0.3) is 0 Å². The van der Waals surface area contributed by atoms with Crippen molar-refractivity contribution in [2.45, 2.75) is 13.0 Å². The van der Waals surface area contributed by atoms with Crippen LogP contribution in [0.2, 0.25) is 0 Å². The molecule has 0 aliphatic carbocycles. The molecule has 1 aromatic heterocycles. The van der Waals surface area contributed by atoms with Crippen molar-refractivity contribution in [1.29, 1.82) is 0 Å². The van der Waals surface area contributed by atoms with E-state index in [1.807, 2.05) is 30.3 Å². The number of nitrogen functional groups attached to an aromatic ring is 1. The van der Waals surface area contributed by atoms with E-state index in [4.69, 9.17) is 10.5 Å². The van der Waals surface area contributed by atoms with Gasteiger partial charge < -0.3 is 10.5 Å². The van der Waals surface area contributed by atoms with E-state index in [0.29, 0.717) is 13.2 Å². The third kappa shape index (κ3) is 3.10. The maximum Gasteiger partial charge on any atom is 0.0717 e. The van der Waals surface area contributed by atoms with Gasteiger partial charge in [0.15, 0.2) is 0 Å². The van der Waals surface area contributed by atoms with E-state index in [0.717, 1.165) is 23.4 Å². The molecule has 0 aliphatic rings. The molecule has 0 radical (unpaired) electrons. The summed E-state index contributed by atoms with van der Waals surface area (Å²) in [5, 5.41) is 6.77. The van der Waals surface area contributed by atoms with Gasteiger partial charge in [0.2, 0.25) is 0 Å². The molecule has 3 N–H and O–H groups in total. The topological polar surface area (TPSA) is 63.9 Å². The smallest absolute Gasteiger partial charge is 0.0717 e. The number of nitrogens with one attached hydrogen (secondary N) is 1. The zero-order chi connectivity index (χ0) is 11.2. The lowest BCUT2D eigenvalue weighted by Crippen LogP contribution is -1.99. The summed E-state index contributed by atoms with van der Waals surface area (Å²) >= 11 is 0. The molecule has 4 heteroatoms. The number of aromatic amines is 1. The fraction of sp³-hybridized carbons (Fsp3) is 0.250. The lowest BCUT2D eigenvalue weighted by molar-refractivity contribution is 0.123. The summed E-state index contributed by atoms with van der Waals surface area (Å²) in [5.74, 6) is 0. The van der Waals surface area contributed by atoms with Gasteiger partial charge in [-0.05, 0) is 23.8 Å². The molecular weight excluding hydrogens is 202 g/mol. The van der Waals surface area contributed by atoms with Crippen molar-refractivity contribution in [1.82, 2.24) is 10.2 Å². The average molecular weight is 217 g/mol. The van der Waals surface area contributed by atoms with E-state index >= 15 is 0 Å². The van der Waals surface area contributed by atoms with E-state index in [2.05, 4.69) is 10.2 Å². The quantitative estimate of drug-likeness (QED) is 0.592. The summed E-state index contributed by atoms with van der Waals surface area (Å²) in [6.07, 6.45) is 2.60. The maximum absolute atomic E-state index is 5.59. The number of benzene rings is 1.